The molecule has 5 nitrogen and oxygen atoms in total. The Morgan fingerprint density at radius 3 is 2.67 bits per heavy atom. The summed E-state index contributed by atoms with van der Waals surface area (Å²) in [7, 11) is 0. The van der Waals surface area contributed by atoms with Gasteiger partial charge >= 0.3 is 0 Å². The number of aromatic nitrogens is 1. The Labute approximate surface area is 203 Å². The van der Waals surface area contributed by atoms with E-state index < -0.39 is 5.82 Å². The van der Waals surface area contributed by atoms with Crippen molar-refractivity contribution >= 4 is 29.0 Å². The Morgan fingerprint density at radius 1 is 1.12 bits per heavy atom. The number of phenols is 1. The minimum absolute atomic E-state index is 0.0550. The second kappa shape index (κ2) is 10.7. The summed E-state index contributed by atoms with van der Waals surface area (Å²) in [5.41, 5.74) is 2.55. The zero-order valence-corrected chi connectivity index (χ0v) is 19.9. The van der Waals surface area contributed by atoms with E-state index >= 15 is 0 Å². The van der Waals surface area contributed by atoms with Crippen LogP contribution in [0.4, 0.5) is 10.2 Å². The maximum atomic E-state index is 14.7. The van der Waals surface area contributed by atoms with Crippen LogP contribution in [0.15, 0.2) is 42.5 Å². The lowest BCUT2D eigenvalue weighted by molar-refractivity contribution is 0.0378. The molecule has 0 saturated carbocycles. The number of pyridine rings is 1. The summed E-state index contributed by atoms with van der Waals surface area (Å²) >= 11 is 12.6. The van der Waals surface area contributed by atoms with Gasteiger partial charge in [0.25, 0.3) is 0 Å². The van der Waals surface area contributed by atoms with Crippen molar-refractivity contribution in [2.45, 2.75) is 13.3 Å². The van der Waals surface area contributed by atoms with Crippen LogP contribution in [0.3, 0.4) is 0 Å². The summed E-state index contributed by atoms with van der Waals surface area (Å²) < 4.78 is 20.1. The fraction of sp³-hybridized carbons (Fsp3) is 0.320. The summed E-state index contributed by atoms with van der Waals surface area (Å²) in [5.74, 6) is 0.198. The van der Waals surface area contributed by atoms with Crippen molar-refractivity contribution < 1.29 is 14.2 Å². The van der Waals surface area contributed by atoms with Gasteiger partial charge in [0.05, 0.1) is 23.9 Å². The molecule has 1 fully saturated rings. The summed E-state index contributed by atoms with van der Waals surface area (Å²) in [6.45, 7) is 6.89. The number of aryl methyl sites for hydroxylation is 1. The highest BCUT2D eigenvalue weighted by Crippen LogP contribution is 2.38. The predicted octanol–water partition coefficient (Wildman–Crippen LogP) is 6.01. The second-order valence-corrected chi connectivity index (χ2v) is 8.89. The van der Waals surface area contributed by atoms with Gasteiger partial charge in [-0.15, -0.1) is 0 Å². The normalized spacial score (nSPS) is 14.4. The number of benzene rings is 2. The van der Waals surface area contributed by atoms with E-state index in [4.69, 9.17) is 27.9 Å². The van der Waals surface area contributed by atoms with Crippen LogP contribution in [-0.4, -0.2) is 54.4 Å². The highest BCUT2D eigenvalue weighted by atomic mass is 35.5. The third-order valence-electron chi connectivity index (χ3n) is 5.69. The van der Waals surface area contributed by atoms with Crippen LogP contribution in [0.1, 0.15) is 12.0 Å². The van der Waals surface area contributed by atoms with Crippen molar-refractivity contribution in [3.05, 3.63) is 63.9 Å². The van der Waals surface area contributed by atoms with E-state index in [2.05, 4.69) is 15.2 Å². The molecule has 0 bridgehead atoms. The lowest BCUT2D eigenvalue weighted by atomic mass is 10.0. The van der Waals surface area contributed by atoms with Crippen molar-refractivity contribution in [2.24, 2.45) is 0 Å². The molecule has 0 spiro atoms. The number of aromatic hydroxyl groups is 1. The highest BCUT2D eigenvalue weighted by Gasteiger charge is 2.16. The molecule has 4 rings (SSSR count). The SMILES string of the molecule is Cc1cc(O)c(-c2cc(-c3c(F)cccc3Cl)cc(NCCCN3CCOCC3)n2)cc1Cl. The topological polar surface area (TPSA) is 57.6 Å². The van der Waals surface area contributed by atoms with Crippen LogP contribution >= 0.6 is 23.2 Å². The zero-order valence-electron chi connectivity index (χ0n) is 18.4. The molecular weight excluding hydrogens is 464 g/mol. The van der Waals surface area contributed by atoms with Crippen molar-refractivity contribution in [2.75, 3.05) is 44.7 Å². The van der Waals surface area contributed by atoms with E-state index in [1.807, 2.05) is 6.92 Å². The molecule has 2 aromatic carbocycles. The lowest BCUT2D eigenvalue weighted by Gasteiger charge is -2.26. The number of nitrogens with one attached hydrogen (secondary N) is 1. The van der Waals surface area contributed by atoms with Gasteiger partial charge in [0.15, 0.2) is 0 Å². The quantitative estimate of drug-likeness (QED) is 0.398. The molecule has 0 atom stereocenters. The standard InChI is InChI=1S/C25H26Cl2FN3O2/c1-16-12-23(32)18(15-20(16)27)22-13-17(25-19(26)4-2-5-21(25)28)14-24(30-22)29-6-3-7-31-8-10-33-11-9-31/h2,4-5,12-15,32H,3,6-11H2,1H3,(H,29,30). The predicted molar refractivity (Wildman–Crippen MR) is 132 cm³/mol. The number of hydrogen-bond donors (Lipinski definition) is 2. The monoisotopic (exact) mass is 489 g/mol. The number of morpholine rings is 1. The fourth-order valence-electron chi connectivity index (χ4n) is 3.89. The fourth-order valence-corrected chi connectivity index (χ4v) is 4.33. The summed E-state index contributed by atoms with van der Waals surface area (Å²) in [4.78, 5) is 7.04. The molecule has 1 aromatic heterocycles. The van der Waals surface area contributed by atoms with E-state index in [1.165, 1.54) is 6.07 Å². The third-order valence-corrected chi connectivity index (χ3v) is 6.41. The van der Waals surface area contributed by atoms with Gasteiger partial charge in [0, 0.05) is 35.8 Å². The molecule has 0 aliphatic carbocycles. The number of rotatable bonds is 7. The van der Waals surface area contributed by atoms with Crippen molar-refractivity contribution in [1.29, 1.82) is 0 Å². The number of phenolic OH excluding ortho intramolecular Hbond substituents is 1. The first kappa shape index (κ1) is 23.8. The third kappa shape index (κ3) is 5.76. The van der Waals surface area contributed by atoms with Gasteiger partial charge in [-0.3, -0.25) is 4.90 Å². The van der Waals surface area contributed by atoms with Gasteiger partial charge in [-0.05, 0) is 67.4 Å². The van der Waals surface area contributed by atoms with E-state index in [9.17, 15) is 9.50 Å². The van der Waals surface area contributed by atoms with Crippen LogP contribution in [0.5, 0.6) is 5.75 Å². The second-order valence-electron chi connectivity index (χ2n) is 8.08. The minimum Gasteiger partial charge on any atom is -0.507 e. The van der Waals surface area contributed by atoms with E-state index in [1.54, 1.807) is 36.4 Å². The van der Waals surface area contributed by atoms with Crippen LogP contribution in [0.2, 0.25) is 10.0 Å². The summed E-state index contributed by atoms with van der Waals surface area (Å²) in [6.07, 6.45) is 0.920. The summed E-state index contributed by atoms with van der Waals surface area (Å²) in [6, 6.07) is 11.3. The Hall–Kier alpha value is -2.38. The molecular formula is C25H26Cl2FN3O2. The molecule has 2 N–H and O–H groups in total. The molecule has 0 unspecified atom stereocenters. The number of anilines is 1. The van der Waals surface area contributed by atoms with Crippen molar-refractivity contribution in [3.8, 4) is 28.1 Å². The molecule has 0 radical (unpaired) electrons. The van der Waals surface area contributed by atoms with E-state index in [-0.39, 0.29) is 11.3 Å². The van der Waals surface area contributed by atoms with Gasteiger partial charge < -0.3 is 15.2 Å². The molecule has 174 valence electrons. The molecule has 33 heavy (non-hydrogen) atoms. The van der Waals surface area contributed by atoms with Crippen LogP contribution < -0.4 is 5.32 Å². The maximum absolute atomic E-state index is 14.7. The van der Waals surface area contributed by atoms with Gasteiger partial charge in [-0.1, -0.05) is 29.3 Å². The lowest BCUT2D eigenvalue weighted by Crippen LogP contribution is -2.37. The van der Waals surface area contributed by atoms with Gasteiger partial charge in [0.1, 0.15) is 17.4 Å². The molecule has 8 heteroatoms. The maximum Gasteiger partial charge on any atom is 0.132 e. The molecule has 1 saturated heterocycles. The van der Waals surface area contributed by atoms with Crippen molar-refractivity contribution in [1.82, 2.24) is 9.88 Å². The molecule has 3 aromatic rings. The highest BCUT2D eigenvalue weighted by molar-refractivity contribution is 6.33. The zero-order chi connectivity index (χ0) is 23.4. The molecule has 1 aliphatic rings. The van der Waals surface area contributed by atoms with Crippen LogP contribution in [0, 0.1) is 12.7 Å². The van der Waals surface area contributed by atoms with Gasteiger partial charge in [-0.25, -0.2) is 9.37 Å². The number of hydrogen-bond acceptors (Lipinski definition) is 5. The van der Waals surface area contributed by atoms with Crippen molar-refractivity contribution in [3.63, 3.8) is 0 Å². The first-order valence-electron chi connectivity index (χ1n) is 10.9. The Morgan fingerprint density at radius 2 is 1.91 bits per heavy atom. The minimum atomic E-state index is -0.427. The molecule has 1 aliphatic heterocycles. The Bertz CT molecular complexity index is 1120. The Kier molecular flexibility index (Phi) is 7.71. The first-order valence-corrected chi connectivity index (χ1v) is 11.7. The van der Waals surface area contributed by atoms with E-state index in [0.717, 1.165) is 44.8 Å². The van der Waals surface area contributed by atoms with Gasteiger partial charge in [-0.2, -0.15) is 0 Å². The smallest absolute Gasteiger partial charge is 0.132 e. The number of nitrogens with zero attached hydrogens (tertiary/aromatic N) is 2. The first-order chi connectivity index (χ1) is 15.9. The Balaban J connectivity index is 1.64. The van der Waals surface area contributed by atoms with E-state index in [0.29, 0.717) is 39.2 Å². The molecule has 0 amide bonds. The average Bonchev–Trinajstić information content (AvgIpc) is 2.80. The number of ether oxygens (including phenoxy) is 1. The van der Waals surface area contributed by atoms with Crippen LogP contribution in [-0.2, 0) is 4.74 Å². The van der Waals surface area contributed by atoms with Gasteiger partial charge in [0.2, 0.25) is 0 Å². The summed E-state index contributed by atoms with van der Waals surface area (Å²) in [5, 5.41) is 14.7. The average molecular weight is 490 g/mol. The molecule has 2 heterocycles. The largest absolute Gasteiger partial charge is 0.507 e. The van der Waals surface area contributed by atoms with Crippen LogP contribution in [0.25, 0.3) is 22.4 Å². The number of halogens is 3.